The Morgan fingerprint density at radius 3 is 2.76 bits per heavy atom. The fraction of sp³-hybridized carbons (Fsp3) is 0.538. The Morgan fingerprint density at radius 1 is 1.53 bits per heavy atom. The zero-order valence-corrected chi connectivity index (χ0v) is 11.6. The molecule has 0 heterocycles. The smallest absolute Gasteiger partial charge is 0.119 e. The molecule has 93 valence electrons. The largest absolute Gasteiger partial charge is 0.319 e. The molecule has 4 heteroatoms. The van der Waals surface area contributed by atoms with Crippen molar-refractivity contribution in [3.8, 4) is 6.07 Å². The highest BCUT2D eigenvalue weighted by Gasteiger charge is 2.24. The molecule has 3 nitrogen and oxygen atoms in total. The van der Waals surface area contributed by atoms with E-state index in [2.05, 4.69) is 18.3 Å². The molecule has 0 bridgehead atoms. The summed E-state index contributed by atoms with van der Waals surface area (Å²) in [5.74, 6) is 0.655. The number of unbranched alkanes of at least 4 members (excludes halogenated alkanes) is 1. The first kappa shape index (κ1) is 14.2. The minimum absolute atomic E-state index is 0.0261. The Kier molecular flexibility index (Phi) is 5.18. The van der Waals surface area contributed by atoms with Crippen LogP contribution in [0.5, 0.6) is 0 Å². The van der Waals surface area contributed by atoms with Gasteiger partial charge in [0, 0.05) is 11.4 Å². The first-order chi connectivity index (χ1) is 7.99. The SMILES string of the molecule is CCCCNC1C=CC(P(C)(C)=O)=C[C]1C#N. The highest BCUT2D eigenvalue weighted by Crippen LogP contribution is 2.48. The lowest BCUT2D eigenvalue weighted by atomic mass is 9.96. The molecule has 0 aromatic rings. The van der Waals surface area contributed by atoms with Crippen LogP contribution < -0.4 is 5.32 Å². The van der Waals surface area contributed by atoms with Gasteiger partial charge in [-0.2, -0.15) is 5.26 Å². The average Bonchev–Trinajstić information content (AvgIpc) is 2.28. The van der Waals surface area contributed by atoms with Crippen molar-refractivity contribution in [2.24, 2.45) is 0 Å². The molecule has 1 atom stereocenters. The molecule has 0 aliphatic heterocycles. The van der Waals surface area contributed by atoms with E-state index in [-0.39, 0.29) is 6.04 Å². The van der Waals surface area contributed by atoms with Crippen LogP contribution in [-0.2, 0) is 4.57 Å². The van der Waals surface area contributed by atoms with Crippen molar-refractivity contribution < 1.29 is 4.57 Å². The van der Waals surface area contributed by atoms with E-state index in [0.717, 1.165) is 24.7 Å². The second kappa shape index (κ2) is 6.19. The molecular weight excluding hydrogens is 231 g/mol. The first-order valence-corrected chi connectivity index (χ1v) is 8.55. The molecule has 0 amide bonds. The van der Waals surface area contributed by atoms with Crippen LogP contribution in [0.3, 0.4) is 0 Å². The number of nitrogens with zero attached hydrogens (tertiary/aromatic N) is 1. The second-order valence-electron chi connectivity index (χ2n) is 4.63. The van der Waals surface area contributed by atoms with Crippen molar-refractivity contribution in [3.63, 3.8) is 0 Å². The predicted molar refractivity (Wildman–Crippen MR) is 72.2 cm³/mol. The number of nitriles is 1. The molecule has 0 saturated carbocycles. The minimum Gasteiger partial charge on any atom is -0.319 e. The van der Waals surface area contributed by atoms with E-state index >= 15 is 0 Å². The summed E-state index contributed by atoms with van der Waals surface area (Å²) in [6, 6.07) is 2.16. The lowest BCUT2D eigenvalue weighted by molar-refractivity contribution is 0.585. The molecule has 0 spiro atoms. The van der Waals surface area contributed by atoms with Crippen LogP contribution in [0.2, 0.25) is 0 Å². The molecule has 1 rings (SSSR count). The Morgan fingerprint density at radius 2 is 2.24 bits per heavy atom. The number of hydrogen-bond acceptors (Lipinski definition) is 3. The van der Waals surface area contributed by atoms with Gasteiger partial charge in [-0.05, 0) is 32.4 Å². The number of allylic oxidation sites excluding steroid dienone is 2. The maximum atomic E-state index is 11.9. The molecule has 1 aliphatic carbocycles. The third-order valence-corrected chi connectivity index (χ3v) is 4.27. The zero-order chi connectivity index (χ0) is 12.9. The Bertz CT molecular complexity index is 400. The van der Waals surface area contributed by atoms with Crippen molar-refractivity contribution in [1.82, 2.24) is 5.32 Å². The Balaban J connectivity index is 2.70. The summed E-state index contributed by atoms with van der Waals surface area (Å²) in [4.78, 5) is 0. The first-order valence-electron chi connectivity index (χ1n) is 5.94. The third-order valence-electron chi connectivity index (χ3n) is 2.74. The molecule has 0 fully saturated rings. The number of rotatable bonds is 5. The van der Waals surface area contributed by atoms with Crippen molar-refractivity contribution in [2.45, 2.75) is 25.8 Å². The van der Waals surface area contributed by atoms with E-state index in [1.165, 1.54) is 0 Å². The summed E-state index contributed by atoms with van der Waals surface area (Å²) in [6.07, 6.45) is 7.81. The third kappa shape index (κ3) is 4.15. The van der Waals surface area contributed by atoms with Crippen molar-refractivity contribution in [1.29, 1.82) is 5.26 Å². The van der Waals surface area contributed by atoms with Crippen LogP contribution in [-0.4, -0.2) is 25.9 Å². The summed E-state index contributed by atoms with van der Waals surface area (Å²) in [5.41, 5.74) is 0. The van der Waals surface area contributed by atoms with E-state index in [1.807, 2.05) is 12.2 Å². The van der Waals surface area contributed by atoms with Crippen LogP contribution in [0.15, 0.2) is 23.5 Å². The van der Waals surface area contributed by atoms with E-state index in [1.54, 1.807) is 19.4 Å². The monoisotopic (exact) mass is 251 g/mol. The second-order valence-corrected chi connectivity index (χ2v) is 7.85. The maximum absolute atomic E-state index is 11.9. The van der Waals surface area contributed by atoms with Crippen molar-refractivity contribution in [2.75, 3.05) is 19.9 Å². The van der Waals surface area contributed by atoms with Crippen LogP contribution >= 0.6 is 7.14 Å². The van der Waals surface area contributed by atoms with E-state index in [4.69, 9.17) is 5.26 Å². The van der Waals surface area contributed by atoms with Crippen molar-refractivity contribution in [3.05, 3.63) is 29.5 Å². The molecule has 1 aliphatic rings. The summed E-state index contributed by atoms with van der Waals surface area (Å²) in [6.45, 7) is 6.48. The van der Waals surface area contributed by atoms with Gasteiger partial charge in [-0.3, -0.25) is 0 Å². The zero-order valence-electron chi connectivity index (χ0n) is 10.7. The topological polar surface area (TPSA) is 52.9 Å². The van der Waals surface area contributed by atoms with E-state index in [9.17, 15) is 4.57 Å². The molecule has 1 radical (unpaired) electrons. The summed E-state index contributed by atoms with van der Waals surface area (Å²) in [7, 11) is -2.28. The van der Waals surface area contributed by atoms with Crippen molar-refractivity contribution >= 4 is 7.14 Å². The summed E-state index contributed by atoms with van der Waals surface area (Å²) < 4.78 is 11.9. The summed E-state index contributed by atoms with van der Waals surface area (Å²) >= 11 is 0. The van der Waals surface area contributed by atoms with Crippen LogP contribution in [0.4, 0.5) is 0 Å². The number of hydrogen-bond donors (Lipinski definition) is 1. The molecule has 1 unspecified atom stereocenters. The van der Waals surface area contributed by atoms with Gasteiger partial charge in [0.25, 0.3) is 0 Å². The van der Waals surface area contributed by atoms with Gasteiger partial charge in [0.15, 0.2) is 0 Å². The average molecular weight is 251 g/mol. The fourth-order valence-electron chi connectivity index (χ4n) is 1.64. The van der Waals surface area contributed by atoms with Crippen LogP contribution in [0.1, 0.15) is 19.8 Å². The molecular formula is C13H20N2OP. The van der Waals surface area contributed by atoms with Gasteiger partial charge in [0.05, 0.1) is 6.07 Å². The highest BCUT2D eigenvalue weighted by atomic mass is 31.2. The number of nitrogens with one attached hydrogen (secondary N) is 1. The van der Waals surface area contributed by atoms with E-state index in [0.29, 0.717) is 5.92 Å². The lowest BCUT2D eigenvalue weighted by Gasteiger charge is -2.23. The van der Waals surface area contributed by atoms with Gasteiger partial charge in [-0.25, -0.2) is 0 Å². The molecule has 17 heavy (non-hydrogen) atoms. The maximum Gasteiger partial charge on any atom is 0.119 e. The summed E-state index contributed by atoms with van der Waals surface area (Å²) in [5, 5.41) is 13.2. The minimum atomic E-state index is -2.28. The Hall–Kier alpha value is -0.840. The van der Waals surface area contributed by atoms with Gasteiger partial charge in [0.1, 0.15) is 13.1 Å². The molecule has 0 aromatic heterocycles. The van der Waals surface area contributed by atoms with Crippen LogP contribution in [0, 0.1) is 17.2 Å². The van der Waals surface area contributed by atoms with Gasteiger partial charge < -0.3 is 9.88 Å². The quantitative estimate of drug-likeness (QED) is 0.603. The predicted octanol–water partition coefficient (Wildman–Crippen LogP) is 2.92. The Labute approximate surface area is 104 Å². The van der Waals surface area contributed by atoms with Crippen LogP contribution in [0.25, 0.3) is 0 Å². The van der Waals surface area contributed by atoms with E-state index < -0.39 is 7.14 Å². The standard InChI is InChI=1S/C13H20N2OP/c1-4-5-8-15-13-7-6-12(17(2,3)16)9-11(13)10-14/h6-7,9,13,15H,4-5,8H2,1-3H3. The fourth-order valence-corrected chi connectivity index (χ4v) is 2.54. The molecule has 0 aromatic carbocycles. The van der Waals surface area contributed by atoms with Gasteiger partial charge in [0.2, 0.25) is 0 Å². The normalized spacial score (nSPS) is 21.1. The van der Waals surface area contributed by atoms with Gasteiger partial charge in [-0.15, -0.1) is 0 Å². The highest BCUT2D eigenvalue weighted by molar-refractivity contribution is 7.66. The van der Waals surface area contributed by atoms with Gasteiger partial charge >= 0.3 is 0 Å². The lowest BCUT2D eigenvalue weighted by Crippen LogP contribution is -2.34. The molecule has 1 N–H and O–H groups in total. The van der Waals surface area contributed by atoms with Gasteiger partial charge in [-0.1, -0.05) is 25.5 Å². The molecule has 0 saturated heterocycles.